The molecule has 3 unspecified atom stereocenters. The van der Waals surface area contributed by atoms with Gasteiger partial charge in [-0.3, -0.25) is 4.90 Å². The minimum atomic E-state index is 0.342. The van der Waals surface area contributed by atoms with Gasteiger partial charge in [-0.05, 0) is 50.2 Å². The zero-order valence-electron chi connectivity index (χ0n) is 13.8. The molecular formula is C17H28N2O2. The van der Waals surface area contributed by atoms with Gasteiger partial charge in [0.2, 0.25) is 0 Å². The van der Waals surface area contributed by atoms with Crippen LogP contribution in [0.4, 0.5) is 0 Å². The van der Waals surface area contributed by atoms with Crippen LogP contribution in [0.15, 0.2) is 18.2 Å². The predicted molar refractivity (Wildman–Crippen MR) is 86.0 cm³/mol. The summed E-state index contributed by atoms with van der Waals surface area (Å²) in [5.74, 6) is 0.933. The molecule has 0 radical (unpaired) electrons. The number of nitrogens with one attached hydrogen (secondary N) is 1. The van der Waals surface area contributed by atoms with Gasteiger partial charge < -0.3 is 14.8 Å². The van der Waals surface area contributed by atoms with Gasteiger partial charge >= 0.3 is 0 Å². The van der Waals surface area contributed by atoms with Crippen molar-refractivity contribution in [2.45, 2.75) is 38.4 Å². The number of methoxy groups -OCH3 is 2. The van der Waals surface area contributed by atoms with E-state index in [1.165, 1.54) is 11.1 Å². The molecule has 1 aromatic rings. The molecule has 0 saturated carbocycles. The summed E-state index contributed by atoms with van der Waals surface area (Å²) in [6.07, 6.45) is 1.08. The Balaban J connectivity index is 2.26. The Labute approximate surface area is 128 Å². The third-order valence-corrected chi connectivity index (χ3v) is 4.58. The SMILES string of the molecule is CCN(C(C)COC)C1Cc2ccc(OC)cc2C1NC. The van der Waals surface area contributed by atoms with Gasteiger partial charge in [0.1, 0.15) is 5.75 Å². The Morgan fingerprint density at radius 3 is 2.71 bits per heavy atom. The molecule has 0 bridgehead atoms. The van der Waals surface area contributed by atoms with E-state index in [0.717, 1.165) is 25.3 Å². The fourth-order valence-corrected chi connectivity index (χ4v) is 3.59. The molecule has 4 nitrogen and oxygen atoms in total. The Morgan fingerprint density at radius 1 is 1.38 bits per heavy atom. The highest BCUT2D eigenvalue weighted by Gasteiger charge is 2.36. The van der Waals surface area contributed by atoms with E-state index in [0.29, 0.717) is 18.1 Å². The molecular weight excluding hydrogens is 264 g/mol. The van der Waals surface area contributed by atoms with Crippen molar-refractivity contribution in [2.75, 3.05) is 34.4 Å². The lowest BCUT2D eigenvalue weighted by Crippen LogP contribution is -2.48. The number of ether oxygens (including phenoxy) is 2. The van der Waals surface area contributed by atoms with Crippen LogP contribution in [0.1, 0.15) is 31.0 Å². The van der Waals surface area contributed by atoms with Crippen LogP contribution < -0.4 is 10.1 Å². The number of rotatable bonds is 7. The highest BCUT2D eigenvalue weighted by Crippen LogP contribution is 2.37. The summed E-state index contributed by atoms with van der Waals surface area (Å²) in [6.45, 7) is 6.25. The van der Waals surface area contributed by atoms with Gasteiger partial charge in [0, 0.05) is 25.2 Å². The lowest BCUT2D eigenvalue weighted by molar-refractivity contribution is 0.0640. The minimum absolute atomic E-state index is 0.342. The Bertz CT molecular complexity index is 464. The van der Waals surface area contributed by atoms with E-state index in [1.54, 1.807) is 14.2 Å². The first kappa shape index (κ1) is 16.3. The summed E-state index contributed by atoms with van der Waals surface area (Å²) < 4.78 is 10.7. The molecule has 0 aliphatic heterocycles. The van der Waals surface area contributed by atoms with Crippen molar-refractivity contribution >= 4 is 0 Å². The molecule has 0 amide bonds. The Kier molecular flexibility index (Phi) is 5.62. The topological polar surface area (TPSA) is 33.7 Å². The van der Waals surface area contributed by atoms with Crippen LogP contribution in [0.3, 0.4) is 0 Å². The quantitative estimate of drug-likeness (QED) is 0.835. The average molecular weight is 292 g/mol. The summed E-state index contributed by atoms with van der Waals surface area (Å²) in [5.41, 5.74) is 2.79. The van der Waals surface area contributed by atoms with E-state index in [1.807, 2.05) is 7.05 Å². The van der Waals surface area contributed by atoms with E-state index >= 15 is 0 Å². The van der Waals surface area contributed by atoms with E-state index in [2.05, 4.69) is 42.3 Å². The lowest BCUT2D eigenvalue weighted by atomic mass is 10.0. The molecule has 2 rings (SSSR count). The minimum Gasteiger partial charge on any atom is -0.497 e. The van der Waals surface area contributed by atoms with Gasteiger partial charge in [0.25, 0.3) is 0 Å². The van der Waals surface area contributed by atoms with E-state index in [9.17, 15) is 0 Å². The van der Waals surface area contributed by atoms with Gasteiger partial charge in [-0.2, -0.15) is 0 Å². The molecule has 1 aliphatic rings. The van der Waals surface area contributed by atoms with Crippen LogP contribution in [-0.4, -0.2) is 51.4 Å². The van der Waals surface area contributed by atoms with E-state index in [4.69, 9.17) is 9.47 Å². The highest BCUT2D eigenvalue weighted by atomic mass is 16.5. The van der Waals surface area contributed by atoms with Crippen LogP contribution in [-0.2, 0) is 11.2 Å². The normalized spacial score (nSPS) is 22.4. The fraction of sp³-hybridized carbons (Fsp3) is 0.647. The summed E-state index contributed by atoms with van der Waals surface area (Å²) in [5, 5.41) is 3.50. The second kappa shape index (κ2) is 7.25. The van der Waals surface area contributed by atoms with Gasteiger partial charge in [-0.25, -0.2) is 0 Å². The third-order valence-electron chi connectivity index (χ3n) is 4.58. The zero-order chi connectivity index (χ0) is 15.4. The number of nitrogens with zero attached hydrogens (tertiary/aromatic N) is 1. The maximum atomic E-state index is 5.38. The third kappa shape index (κ3) is 3.23. The Hall–Kier alpha value is -1.10. The van der Waals surface area contributed by atoms with Crippen molar-refractivity contribution < 1.29 is 9.47 Å². The summed E-state index contributed by atoms with van der Waals surface area (Å²) in [7, 11) is 5.54. The first-order valence-electron chi connectivity index (χ1n) is 7.75. The van der Waals surface area contributed by atoms with Crippen molar-refractivity contribution in [1.82, 2.24) is 10.2 Å². The van der Waals surface area contributed by atoms with Gasteiger partial charge in [-0.1, -0.05) is 13.0 Å². The van der Waals surface area contributed by atoms with Gasteiger partial charge in [0.15, 0.2) is 0 Å². The highest BCUT2D eigenvalue weighted by molar-refractivity contribution is 5.42. The predicted octanol–water partition coefficient (Wildman–Crippen LogP) is 2.24. The van der Waals surface area contributed by atoms with Crippen molar-refractivity contribution in [2.24, 2.45) is 0 Å². The summed E-state index contributed by atoms with van der Waals surface area (Å²) in [4.78, 5) is 2.54. The maximum Gasteiger partial charge on any atom is 0.119 e. The molecule has 1 aromatic carbocycles. The molecule has 0 heterocycles. The summed E-state index contributed by atoms with van der Waals surface area (Å²) >= 11 is 0. The van der Waals surface area contributed by atoms with Crippen molar-refractivity contribution in [3.63, 3.8) is 0 Å². The molecule has 3 atom stereocenters. The lowest BCUT2D eigenvalue weighted by Gasteiger charge is -2.36. The number of fused-ring (bicyclic) bond motifs is 1. The first-order valence-corrected chi connectivity index (χ1v) is 7.75. The van der Waals surface area contributed by atoms with Crippen LogP contribution in [0.25, 0.3) is 0 Å². The zero-order valence-corrected chi connectivity index (χ0v) is 13.8. The van der Waals surface area contributed by atoms with Gasteiger partial charge in [-0.15, -0.1) is 0 Å². The molecule has 0 saturated heterocycles. The number of benzene rings is 1. The molecule has 0 fully saturated rings. The molecule has 4 heteroatoms. The van der Waals surface area contributed by atoms with Crippen LogP contribution in [0.5, 0.6) is 5.75 Å². The van der Waals surface area contributed by atoms with Crippen LogP contribution in [0.2, 0.25) is 0 Å². The standard InChI is InChI=1S/C17H28N2O2/c1-6-19(12(2)11-20-4)16-9-13-7-8-14(21-5)10-15(13)17(16)18-3/h7-8,10,12,16-18H,6,9,11H2,1-5H3. The van der Waals surface area contributed by atoms with Crippen LogP contribution >= 0.6 is 0 Å². The number of hydrogen-bond acceptors (Lipinski definition) is 4. The fourth-order valence-electron chi connectivity index (χ4n) is 3.59. The van der Waals surface area contributed by atoms with E-state index < -0.39 is 0 Å². The van der Waals surface area contributed by atoms with Crippen LogP contribution in [0, 0.1) is 0 Å². The largest absolute Gasteiger partial charge is 0.497 e. The molecule has 1 aliphatic carbocycles. The van der Waals surface area contributed by atoms with Crippen molar-refractivity contribution in [3.8, 4) is 5.75 Å². The molecule has 118 valence electrons. The van der Waals surface area contributed by atoms with Crippen molar-refractivity contribution in [3.05, 3.63) is 29.3 Å². The molecule has 0 spiro atoms. The first-order chi connectivity index (χ1) is 10.2. The second-order valence-electron chi connectivity index (χ2n) is 5.74. The van der Waals surface area contributed by atoms with Gasteiger partial charge in [0.05, 0.1) is 13.7 Å². The number of likely N-dealkylation sites (N-methyl/N-ethyl adjacent to an activating group) is 2. The summed E-state index contributed by atoms with van der Waals surface area (Å²) in [6, 6.07) is 7.65. The monoisotopic (exact) mass is 292 g/mol. The maximum absolute atomic E-state index is 5.38. The van der Waals surface area contributed by atoms with E-state index in [-0.39, 0.29) is 0 Å². The molecule has 1 N–H and O–H groups in total. The van der Waals surface area contributed by atoms with Crippen molar-refractivity contribution in [1.29, 1.82) is 0 Å². The average Bonchev–Trinajstić information content (AvgIpc) is 2.85. The number of hydrogen-bond donors (Lipinski definition) is 1. The molecule has 0 aromatic heterocycles. The molecule has 21 heavy (non-hydrogen) atoms. The Morgan fingerprint density at radius 2 is 2.14 bits per heavy atom. The second-order valence-corrected chi connectivity index (χ2v) is 5.74. The smallest absolute Gasteiger partial charge is 0.119 e.